The summed E-state index contributed by atoms with van der Waals surface area (Å²) in [5, 5.41) is 23.5. The molecule has 2 aromatic rings. The fraction of sp³-hybridized carbons (Fsp3) is 0.0714. The number of nitriles is 2. The molecule has 0 fully saturated rings. The number of nitrogens with zero attached hydrogens (tertiary/aromatic N) is 3. The second-order valence-corrected chi connectivity index (χ2v) is 6.06. The Bertz CT molecular complexity index is 899. The molecule has 0 spiro atoms. The highest BCUT2D eigenvalue weighted by Gasteiger charge is 2.15. The van der Waals surface area contributed by atoms with E-state index in [4.69, 9.17) is 15.0 Å². The fourth-order valence-electron chi connectivity index (χ4n) is 1.59. The zero-order valence-corrected chi connectivity index (χ0v) is 12.8. The number of sulfonamides is 1. The van der Waals surface area contributed by atoms with E-state index in [2.05, 4.69) is 15.2 Å². The lowest BCUT2D eigenvalue weighted by Crippen LogP contribution is -2.13. The van der Waals surface area contributed by atoms with Gasteiger partial charge in [-0.25, -0.2) is 8.42 Å². The van der Waals surface area contributed by atoms with Crippen LogP contribution in [0, 0.1) is 29.6 Å². The predicted octanol–water partition coefficient (Wildman–Crippen LogP) is 2.13. The lowest BCUT2D eigenvalue weighted by molar-refractivity contribution is 0.400. The molecule has 0 radical (unpaired) electrons. The maximum atomic E-state index is 12.2. The minimum atomic E-state index is -3.78. The highest BCUT2D eigenvalue weighted by atomic mass is 32.2. The second-order valence-electron chi connectivity index (χ2n) is 4.38. The summed E-state index contributed by atoms with van der Waals surface area (Å²) in [5.41, 5.74) is 0.439. The Labute approximate surface area is 132 Å². The first-order chi connectivity index (χ1) is 10.9. The third-order valence-corrected chi connectivity index (χ3v) is 4.03. The molecule has 0 aliphatic heterocycles. The number of allylic oxidation sites excluding steroid dienone is 1. The molecule has 0 aliphatic carbocycles. The van der Waals surface area contributed by atoms with Crippen molar-refractivity contribution in [1.82, 2.24) is 5.16 Å². The lowest BCUT2D eigenvalue weighted by Gasteiger charge is -2.06. The molecule has 2 rings (SSSR count). The van der Waals surface area contributed by atoms with Crippen molar-refractivity contribution in [2.75, 3.05) is 10.0 Å². The van der Waals surface area contributed by atoms with E-state index in [9.17, 15) is 8.42 Å². The van der Waals surface area contributed by atoms with E-state index < -0.39 is 10.0 Å². The van der Waals surface area contributed by atoms with Crippen molar-refractivity contribution in [3.8, 4) is 12.1 Å². The van der Waals surface area contributed by atoms with Crippen LogP contribution in [-0.2, 0) is 10.0 Å². The van der Waals surface area contributed by atoms with Crippen molar-refractivity contribution < 1.29 is 12.9 Å². The van der Waals surface area contributed by atoms with Gasteiger partial charge in [-0.3, -0.25) is 4.72 Å². The van der Waals surface area contributed by atoms with Gasteiger partial charge in [0.2, 0.25) is 0 Å². The van der Waals surface area contributed by atoms with Crippen LogP contribution in [0.5, 0.6) is 0 Å². The van der Waals surface area contributed by atoms with Crippen molar-refractivity contribution >= 4 is 21.5 Å². The molecule has 0 saturated carbocycles. The maximum Gasteiger partial charge on any atom is 0.263 e. The third-order valence-electron chi connectivity index (χ3n) is 2.66. The van der Waals surface area contributed by atoms with Gasteiger partial charge in [-0.2, -0.15) is 10.5 Å². The van der Waals surface area contributed by atoms with Crippen LogP contribution >= 0.6 is 0 Å². The van der Waals surface area contributed by atoms with E-state index >= 15 is 0 Å². The molecule has 1 heterocycles. The Kier molecular flexibility index (Phi) is 4.64. The second kappa shape index (κ2) is 6.64. The van der Waals surface area contributed by atoms with E-state index in [-0.39, 0.29) is 16.3 Å². The fourth-order valence-corrected chi connectivity index (χ4v) is 2.57. The molecule has 116 valence electrons. The lowest BCUT2D eigenvalue weighted by atomic mass is 10.3. The Balaban J connectivity index is 2.14. The molecule has 0 amide bonds. The summed E-state index contributed by atoms with van der Waals surface area (Å²) in [6, 6.07) is 10.6. The van der Waals surface area contributed by atoms with Crippen LogP contribution in [0.15, 0.2) is 51.5 Å². The topological polar surface area (TPSA) is 132 Å². The first-order valence-corrected chi connectivity index (χ1v) is 7.76. The molecule has 2 N–H and O–H groups in total. The number of aromatic nitrogens is 1. The molecular weight excluding hydrogens is 318 g/mol. The van der Waals surface area contributed by atoms with Gasteiger partial charge in [0, 0.05) is 18.0 Å². The largest absolute Gasteiger partial charge is 0.360 e. The summed E-state index contributed by atoms with van der Waals surface area (Å²) in [6.07, 6.45) is 1.24. The SMILES string of the molecule is Cc1cc(NS(=O)(=O)c2ccc(NC=C(C#N)C#N)cc2)no1. The van der Waals surface area contributed by atoms with E-state index in [0.29, 0.717) is 11.4 Å². The third kappa shape index (κ3) is 4.09. The monoisotopic (exact) mass is 329 g/mol. The van der Waals surface area contributed by atoms with Crippen LogP contribution in [0.3, 0.4) is 0 Å². The number of aryl methyl sites for hydroxylation is 1. The Morgan fingerprint density at radius 1 is 1.26 bits per heavy atom. The number of benzene rings is 1. The van der Waals surface area contributed by atoms with Crippen LogP contribution in [0.1, 0.15) is 5.76 Å². The van der Waals surface area contributed by atoms with Crippen LogP contribution in [0.2, 0.25) is 0 Å². The molecule has 9 heteroatoms. The summed E-state index contributed by atoms with van der Waals surface area (Å²) in [7, 11) is -3.78. The standard InChI is InChI=1S/C14H11N5O3S/c1-10-6-14(18-22-10)19-23(20,21)13-4-2-12(3-5-13)17-9-11(7-15)8-16/h2-6,9,17H,1H3,(H,18,19). The molecule has 0 bridgehead atoms. The van der Waals surface area contributed by atoms with Gasteiger partial charge < -0.3 is 9.84 Å². The van der Waals surface area contributed by atoms with Crippen LogP contribution in [0.25, 0.3) is 0 Å². The van der Waals surface area contributed by atoms with Gasteiger partial charge in [0.05, 0.1) is 4.90 Å². The van der Waals surface area contributed by atoms with Crippen molar-refractivity contribution in [2.45, 2.75) is 11.8 Å². The van der Waals surface area contributed by atoms with Crippen LogP contribution in [0.4, 0.5) is 11.5 Å². The van der Waals surface area contributed by atoms with Gasteiger partial charge in [0.1, 0.15) is 23.5 Å². The predicted molar refractivity (Wildman–Crippen MR) is 81.4 cm³/mol. The van der Waals surface area contributed by atoms with Gasteiger partial charge in [0.15, 0.2) is 5.82 Å². The van der Waals surface area contributed by atoms with Crippen LogP contribution < -0.4 is 10.0 Å². The van der Waals surface area contributed by atoms with Gasteiger partial charge in [-0.1, -0.05) is 5.16 Å². The average Bonchev–Trinajstić information content (AvgIpc) is 2.93. The number of hydrogen-bond acceptors (Lipinski definition) is 7. The van der Waals surface area contributed by atoms with E-state index in [1.807, 2.05) is 0 Å². The highest BCUT2D eigenvalue weighted by Crippen LogP contribution is 2.18. The number of nitrogens with one attached hydrogen (secondary N) is 2. The minimum Gasteiger partial charge on any atom is -0.360 e. The average molecular weight is 329 g/mol. The molecule has 0 saturated heterocycles. The molecule has 0 aliphatic rings. The van der Waals surface area contributed by atoms with Crippen molar-refractivity contribution in [1.29, 1.82) is 10.5 Å². The summed E-state index contributed by atoms with van der Waals surface area (Å²) >= 11 is 0. The smallest absolute Gasteiger partial charge is 0.263 e. The van der Waals surface area contributed by atoms with E-state index in [1.165, 1.54) is 36.5 Å². The van der Waals surface area contributed by atoms with Gasteiger partial charge in [-0.15, -0.1) is 0 Å². The summed E-state index contributed by atoms with van der Waals surface area (Å²) in [5.74, 6) is 0.583. The first kappa shape index (κ1) is 16.1. The summed E-state index contributed by atoms with van der Waals surface area (Å²) in [6.45, 7) is 1.65. The van der Waals surface area contributed by atoms with Crippen LogP contribution in [-0.4, -0.2) is 13.6 Å². The first-order valence-electron chi connectivity index (χ1n) is 6.28. The Morgan fingerprint density at radius 2 is 1.91 bits per heavy atom. The van der Waals surface area contributed by atoms with Gasteiger partial charge in [0.25, 0.3) is 10.0 Å². The number of hydrogen-bond donors (Lipinski definition) is 2. The summed E-state index contributed by atoms with van der Waals surface area (Å²) in [4.78, 5) is 0.0356. The Morgan fingerprint density at radius 3 is 2.43 bits per heavy atom. The number of anilines is 2. The van der Waals surface area contributed by atoms with Crippen molar-refractivity contribution in [2.24, 2.45) is 0 Å². The van der Waals surface area contributed by atoms with Gasteiger partial charge >= 0.3 is 0 Å². The van der Waals surface area contributed by atoms with Crippen molar-refractivity contribution in [3.05, 3.63) is 47.9 Å². The molecule has 23 heavy (non-hydrogen) atoms. The van der Waals surface area contributed by atoms with Gasteiger partial charge in [-0.05, 0) is 31.2 Å². The van der Waals surface area contributed by atoms with E-state index in [1.54, 1.807) is 19.1 Å². The Hall–Kier alpha value is -3.30. The maximum absolute atomic E-state index is 12.2. The normalized spacial score (nSPS) is 10.2. The molecule has 0 atom stereocenters. The molecular formula is C14H11N5O3S. The quantitative estimate of drug-likeness (QED) is 0.803. The molecule has 8 nitrogen and oxygen atoms in total. The van der Waals surface area contributed by atoms with E-state index in [0.717, 1.165) is 0 Å². The molecule has 1 aromatic carbocycles. The summed E-state index contributed by atoms with van der Waals surface area (Å²) < 4.78 is 31.4. The zero-order chi connectivity index (χ0) is 16.9. The molecule has 0 unspecified atom stereocenters. The minimum absolute atomic E-state index is 0.0356. The highest BCUT2D eigenvalue weighted by molar-refractivity contribution is 7.92. The number of rotatable bonds is 5. The zero-order valence-electron chi connectivity index (χ0n) is 11.9. The van der Waals surface area contributed by atoms with Crippen molar-refractivity contribution in [3.63, 3.8) is 0 Å². The molecule has 1 aromatic heterocycles.